The van der Waals surface area contributed by atoms with Crippen molar-refractivity contribution in [2.24, 2.45) is 0 Å². The number of esters is 1. The molecule has 0 bridgehead atoms. The van der Waals surface area contributed by atoms with Crippen molar-refractivity contribution in [2.45, 2.75) is 17.1 Å². The molecular weight excluding hydrogens is 268 g/mol. The maximum Gasteiger partial charge on any atom is 0.335 e. The number of carbonyl (C=O) groups excluding carboxylic acids is 1. The van der Waals surface area contributed by atoms with Crippen LogP contribution in [0.5, 0.6) is 0 Å². The largest absolute Gasteiger partial charge is 0.464 e. The number of aliphatic hydroxyl groups is 1. The van der Waals surface area contributed by atoms with E-state index in [-0.39, 0.29) is 5.97 Å². The fraction of sp³-hybridized carbons (Fsp3) is 0.462. The number of aliphatic hydroxyl groups excluding tert-OH is 1. The van der Waals surface area contributed by atoms with Gasteiger partial charge in [0.25, 0.3) is 0 Å². The second-order valence-electron chi connectivity index (χ2n) is 3.90. The predicted octanol–water partition coefficient (Wildman–Crippen LogP) is 2.46. The van der Waals surface area contributed by atoms with E-state index in [1.54, 1.807) is 6.92 Å². The number of hydrogen-bond donors (Lipinski definition) is 1. The third-order valence-electron chi connectivity index (χ3n) is 2.75. The lowest BCUT2D eigenvalue weighted by molar-refractivity contribution is -0.145. The summed E-state index contributed by atoms with van der Waals surface area (Å²) in [4.78, 5) is 12.2. The first-order valence-electron chi connectivity index (χ1n) is 5.89. The Morgan fingerprint density at radius 2 is 2.00 bits per heavy atom. The molecule has 98 valence electrons. The van der Waals surface area contributed by atoms with Crippen molar-refractivity contribution < 1.29 is 14.6 Å². The van der Waals surface area contributed by atoms with Gasteiger partial charge in [-0.3, -0.25) is 0 Å². The number of ether oxygens (including phenoxy) is 1. The van der Waals surface area contributed by atoms with Gasteiger partial charge in [0, 0.05) is 11.5 Å². The highest BCUT2D eigenvalue weighted by molar-refractivity contribution is 8.22. The van der Waals surface area contributed by atoms with E-state index in [1.807, 2.05) is 30.3 Å². The summed E-state index contributed by atoms with van der Waals surface area (Å²) in [6, 6.07) is 9.29. The van der Waals surface area contributed by atoms with Crippen molar-refractivity contribution in [3.63, 3.8) is 0 Å². The van der Waals surface area contributed by atoms with Crippen LogP contribution in [0.1, 0.15) is 18.6 Å². The number of hydrogen-bond acceptors (Lipinski definition) is 5. The van der Waals surface area contributed by atoms with Crippen LogP contribution in [0.15, 0.2) is 30.3 Å². The Morgan fingerprint density at radius 1 is 1.39 bits per heavy atom. The summed E-state index contributed by atoms with van der Waals surface area (Å²) in [5.41, 5.74) is 0.757. The average Bonchev–Trinajstić information content (AvgIpc) is 2.90. The van der Waals surface area contributed by atoms with Crippen LogP contribution in [0.4, 0.5) is 0 Å². The molecule has 0 saturated carbocycles. The Kier molecular flexibility index (Phi) is 4.59. The monoisotopic (exact) mass is 284 g/mol. The Balaban J connectivity index is 2.27. The molecule has 1 aliphatic rings. The van der Waals surface area contributed by atoms with E-state index in [1.165, 1.54) is 23.5 Å². The molecule has 0 aromatic heterocycles. The van der Waals surface area contributed by atoms with Crippen LogP contribution in [-0.4, -0.2) is 33.3 Å². The van der Waals surface area contributed by atoms with E-state index >= 15 is 0 Å². The first kappa shape index (κ1) is 13.8. The van der Waals surface area contributed by atoms with Gasteiger partial charge in [-0.2, -0.15) is 0 Å². The van der Waals surface area contributed by atoms with Crippen molar-refractivity contribution in [1.82, 2.24) is 0 Å². The molecular formula is C13H16O3S2. The van der Waals surface area contributed by atoms with E-state index < -0.39 is 10.2 Å². The lowest BCUT2D eigenvalue weighted by Crippen LogP contribution is -2.38. The highest BCUT2D eigenvalue weighted by atomic mass is 32.2. The fourth-order valence-corrected chi connectivity index (χ4v) is 4.95. The minimum absolute atomic E-state index is 0.325. The zero-order valence-electron chi connectivity index (χ0n) is 10.2. The maximum atomic E-state index is 12.2. The van der Waals surface area contributed by atoms with E-state index in [9.17, 15) is 9.90 Å². The molecule has 1 fully saturated rings. The molecule has 0 amide bonds. The van der Waals surface area contributed by atoms with Crippen LogP contribution >= 0.6 is 23.5 Å². The molecule has 0 unspecified atom stereocenters. The molecule has 0 aliphatic carbocycles. The third-order valence-corrected chi connectivity index (χ3v) is 6.17. The zero-order chi connectivity index (χ0) is 13.0. The molecule has 1 aromatic carbocycles. The van der Waals surface area contributed by atoms with Crippen LogP contribution in [0.3, 0.4) is 0 Å². The summed E-state index contributed by atoms with van der Waals surface area (Å²) in [7, 11) is 0. The summed E-state index contributed by atoms with van der Waals surface area (Å²) in [6.45, 7) is 2.12. The minimum atomic E-state index is -0.905. The van der Waals surface area contributed by atoms with Crippen molar-refractivity contribution in [3.8, 4) is 0 Å². The average molecular weight is 284 g/mol. The van der Waals surface area contributed by atoms with Gasteiger partial charge in [-0.15, -0.1) is 23.5 Å². The number of benzene rings is 1. The summed E-state index contributed by atoms with van der Waals surface area (Å²) >= 11 is 2.96. The van der Waals surface area contributed by atoms with Gasteiger partial charge >= 0.3 is 5.97 Å². The Morgan fingerprint density at radius 3 is 2.56 bits per heavy atom. The molecule has 1 aliphatic heterocycles. The highest BCUT2D eigenvalue weighted by Gasteiger charge is 2.51. The lowest BCUT2D eigenvalue weighted by atomic mass is 10.1. The lowest BCUT2D eigenvalue weighted by Gasteiger charge is -2.30. The van der Waals surface area contributed by atoms with Crippen LogP contribution < -0.4 is 0 Å². The Bertz CT molecular complexity index is 402. The molecule has 1 aromatic rings. The molecule has 0 spiro atoms. The van der Waals surface area contributed by atoms with Crippen molar-refractivity contribution >= 4 is 29.5 Å². The predicted molar refractivity (Wildman–Crippen MR) is 75.7 cm³/mol. The number of rotatable bonds is 4. The molecule has 3 nitrogen and oxygen atoms in total. The summed E-state index contributed by atoms with van der Waals surface area (Å²) < 4.78 is 4.23. The van der Waals surface area contributed by atoms with E-state index in [0.29, 0.717) is 6.61 Å². The van der Waals surface area contributed by atoms with Crippen LogP contribution in [0, 0.1) is 0 Å². The van der Waals surface area contributed by atoms with Gasteiger partial charge in [-0.1, -0.05) is 30.3 Å². The third kappa shape index (κ3) is 2.53. The quantitative estimate of drug-likeness (QED) is 0.861. The van der Waals surface area contributed by atoms with Crippen molar-refractivity contribution in [2.75, 3.05) is 18.1 Å². The first-order chi connectivity index (χ1) is 8.70. The summed E-state index contributed by atoms with van der Waals surface area (Å²) in [5.74, 6) is 1.38. The zero-order valence-corrected chi connectivity index (χ0v) is 11.8. The smallest absolute Gasteiger partial charge is 0.335 e. The molecule has 1 saturated heterocycles. The van der Waals surface area contributed by atoms with E-state index in [4.69, 9.17) is 4.74 Å². The van der Waals surface area contributed by atoms with Crippen LogP contribution in [0.25, 0.3) is 0 Å². The molecule has 1 N–H and O–H groups in total. The maximum absolute atomic E-state index is 12.2. The number of thioether (sulfide) groups is 2. The SMILES string of the molecule is CCOC(=O)C1([C@H](O)c2ccccc2)SCCS1. The molecule has 1 heterocycles. The topological polar surface area (TPSA) is 46.5 Å². The Hall–Kier alpha value is -0.650. The van der Waals surface area contributed by atoms with Gasteiger partial charge in [-0.25, -0.2) is 4.79 Å². The van der Waals surface area contributed by atoms with Gasteiger partial charge in [-0.05, 0) is 12.5 Å². The second kappa shape index (κ2) is 5.99. The van der Waals surface area contributed by atoms with Gasteiger partial charge in [0.05, 0.1) is 6.61 Å². The van der Waals surface area contributed by atoms with Gasteiger partial charge in [0.2, 0.25) is 0 Å². The highest BCUT2D eigenvalue weighted by Crippen LogP contribution is 2.52. The van der Waals surface area contributed by atoms with Gasteiger partial charge in [0.1, 0.15) is 6.10 Å². The van der Waals surface area contributed by atoms with Crippen molar-refractivity contribution in [3.05, 3.63) is 35.9 Å². The molecule has 2 rings (SSSR count). The van der Waals surface area contributed by atoms with Crippen LogP contribution in [-0.2, 0) is 9.53 Å². The van der Waals surface area contributed by atoms with Crippen LogP contribution in [0.2, 0.25) is 0 Å². The Labute approximate surface area is 115 Å². The summed E-state index contributed by atoms with van der Waals surface area (Å²) in [6.07, 6.45) is -0.838. The minimum Gasteiger partial charge on any atom is -0.464 e. The van der Waals surface area contributed by atoms with Gasteiger partial charge in [0.15, 0.2) is 4.08 Å². The normalized spacial score (nSPS) is 19.4. The molecule has 1 atom stereocenters. The summed E-state index contributed by atoms with van der Waals surface area (Å²) in [5, 5.41) is 10.5. The first-order valence-corrected chi connectivity index (χ1v) is 7.86. The number of carbonyl (C=O) groups is 1. The van der Waals surface area contributed by atoms with E-state index in [0.717, 1.165) is 17.1 Å². The standard InChI is InChI=1S/C13H16O3S2/c1-2-16-12(15)13(17-8-9-18-13)11(14)10-6-4-3-5-7-10/h3-7,11,14H,2,8-9H2,1H3/t11-/m1/s1. The molecule has 18 heavy (non-hydrogen) atoms. The fourth-order valence-electron chi connectivity index (χ4n) is 1.90. The molecule has 5 heteroatoms. The van der Waals surface area contributed by atoms with E-state index in [2.05, 4.69) is 0 Å². The van der Waals surface area contributed by atoms with Gasteiger partial charge < -0.3 is 9.84 Å². The molecule has 0 radical (unpaired) electrons. The van der Waals surface area contributed by atoms with Crippen molar-refractivity contribution in [1.29, 1.82) is 0 Å². The second-order valence-corrected chi connectivity index (χ2v) is 6.84.